The van der Waals surface area contributed by atoms with E-state index in [9.17, 15) is 9.90 Å². The van der Waals surface area contributed by atoms with Gasteiger partial charge >= 0.3 is 0 Å². The van der Waals surface area contributed by atoms with E-state index in [1.54, 1.807) is 7.11 Å². The summed E-state index contributed by atoms with van der Waals surface area (Å²) in [5.74, 6) is 0.232. The Morgan fingerprint density at radius 2 is 2.47 bits per heavy atom. The van der Waals surface area contributed by atoms with Gasteiger partial charge in [-0.05, 0) is 12.3 Å². The number of quaternary nitrogens is 1. The van der Waals surface area contributed by atoms with E-state index in [1.807, 2.05) is 6.07 Å². The molecule has 2 N–H and O–H groups in total. The van der Waals surface area contributed by atoms with Gasteiger partial charge in [0.15, 0.2) is 5.76 Å². The lowest BCUT2D eigenvalue weighted by Crippen LogP contribution is -2.88. The Morgan fingerprint density at radius 1 is 1.63 bits per heavy atom. The number of methoxy groups -OCH3 is 1. The quantitative estimate of drug-likeness (QED) is 0.692. The lowest BCUT2D eigenvalue weighted by molar-refractivity contribution is -0.672. The fraction of sp³-hybridized carbons (Fsp3) is 0.692. The summed E-state index contributed by atoms with van der Waals surface area (Å²) in [7, 11) is 1.61. The maximum absolute atomic E-state index is 10.8. The van der Waals surface area contributed by atoms with Crippen LogP contribution in [0, 0.1) is 11.8 Å². The second-order valence-electron chi connectivity index (χ2n) is 5.12. The van der Waals surface area contributed by atoms with Crippen LogP contribution in [0.15, 0.2) is 10.6 Å². The minimum atomic E-state index is -0.961. The third-order valence-electron chi connectivity index (χ3n) is 3.67. The number of carboxylic acid groups (broad SMARTS) is 1. The van der Waals surface area contributed by atoms with Crippen molar-refractivity contribution >= 4 is 5.97 Å². The van der Waals surface area contributed by atoms with Crippen molar-refractivity contribution < 1.29 is 24.5 Å². The van der Waals surface area contributed by atoms with Gasteiger partial charge in [0.1, 0.15) is 6.61 Å². The normalized spacial score (nSPS) is 23.4. The minimum absolute atomic E-state index is 0.140. The number of ether oxygens (including phenoxy) is 1. The predicted molar refractivity (Wildman–Crippen MR) is 63.8 cm³/mol. The van der Waals surface area contributed by atoms with Crippen LogP contribution in [-0.4, -0.2) is 31.3 Å². The molecule has 1 saturated heterocycles. The Labute approximate surface area is 112 Å². The van der Waals surface area contributed by atoms with Crippen LogP contribution < -0.4 is 10.4 Å². The molecule has 0 saturated carbocycles. The molecule has 1 aromatic rings. The zero-order chi connectivity index (χ0) is 13.7. The monoisotopic (exact) mass is 268 g/mol. The van der Waals surface area contributed by atoms with Crippen molar-refractivity contribution in [1.82, 2.24) is 5.16 Å². The van der Waals surface area contributed by atoms with Crippen molar-refractivity contribution in [3.63, 3.8) is 0 Å². The first-order chi connectivity index (χ1) is 9.19. The maximum atomic E-state index is 10.8. The van der Waals surface area contributed by atoms with Crippen LogP contribution in [0.5, 0.6) is 0 Å². The van der Waals surface area contributed by atoms with Crippen molar-refractivity contribution in [2.75, 3.05) is 20.2 Å². The van der Waals surface area contributed by atoms with Crippen LogP contribution in [0.3, 0.4) is 0 Å². The van der Waals surface area contributed by atoms with Gasteiger partial charge in [0.25, 0.3) is 0 Å². The molecule has 2 rings (SSSR count). The predicted octanol–water partition coefficient (Wildman–Crippen LogP) is -1.30. The molecule has 2 heterocycles. The van der Waals surface area contributed by atoms with E-state index in [1.165, 1.54) is 0 Å². The molecular weight excluding hydrogens is 248 g/mol. The van der Waals surface area contributed by atoms with E-state index in [2.05, 4.69) is 10.5 Å². The van der Waals surface area contributed by atoms with Gasteiger partial charge in [-0.3, -0.25) is 0 Å². The van der Waals surface area contributed by atoms with E-state index in [0.29, 0.717) is 18.3 Å². The first-order valence-corrected chi connectivity index (χ1v) is 6.64. The maximum Gasteiger partial charge on any atom is 0.162 e. The van der Waals surface area contributed by atoms with Gasteiger partial charge in [0.05, 0.1) is 18.8 Å². The molecule has 0 aromatic carbocycles. The van der Waals surface area contributed by atoms with E-state index < -0.39 is 5.97 Å². The van der Waals surface area contributed by atoms with Crippen LogP contribution in [0.4, 0.5) is 0 Å². The smallest absolute Gasteiger partial charge is 0.162 e. The molecule has 1 fully saturated rings. The van der Waals surface area contributed by atoms with Gasteiger partial charge in [0, 0.05) is 37.9 Å². The van der Waals surface area contributed by atoms with Crippen LogP contribution in [-0.2, 0) is 22.6 Å². The zero-order valence-corrected chi connectivity index (χ0v) is 11.1. The molecule has 19 heavy (non-hydrogen) atoms. The number of nitrogens with two attached hydrogens (primary N) is 1. The molecule has 0 bridgehead atoms. The second-order valence-corrected chi connectivity index (χ2v) is 5.12. The number of aliphatic carboxylic acids is 1. The van der Waals surface area contributed by atoms with Crippen LogP contribution >= 0.6 is 0 Å². The third-order valence-corrected chi connectivity index (χ3v) is 3.67. The molecule has 0 unspecified atom stereocenters. The van der Waals surface area contributed by atoms with E-state index in [0.717, 1.165) is 31.6 Å². The zero-order valence-electron chi connectivity index (χ0n) is 11.1. The van der Waals surface area contributed by atoms with Crippen molar-refractivity contribution in [3.8, 4) is 0 Å². The third kappa shape index (κ3) is 4.04. The van der Waals surface area contributed by atoms with Gasteiger partial charge < -0.3 is 24.5 Å². The lowest BCUT2D eigenvalue weighted by Gasteiger charge is -2.29. The standard InChI is InChI=1S/C13H20N2O4/c1-18-8-12-6-11(15-19-12)4-10-7-14-3-2-9(10)5-13(16)17/h6,9-10,14H,2-5,7-8H2,1H3,(H,16,17)/t9-,10-/m0/s1. The van der Waals surface area contributed by atoms with Crippen molar-refractivity contribution in [2.45, 2.75) is 25.9 Å². The first kappa shape index (κ1) is 14.0. The molecule has 6 heteroatoms. The highest BCUT2D eigenvalue weighted by atomic mass is 16.5. The first-order valence-electron chi connectivity index (χ1n) is 6.64. The number of carbonyl (C=O) groups is 1. The Balaban J connectivity index is 1.95. The summed E-state index contributed by atoms with van der Waals surface area (Å²) in [6, 6.07) is 1.88. The lowest BCUT2D eigenvalue weighted by atomic mass is 9.81. The molecule has 1 aliphatic heterocycles. The van der Waals surface area contributed by atoms with Gasteiger partial charge in [-0.1, -0.05) is 5.16 Å². The highest BCUT2D eigenvalue weighted by Gasteiger charge is 2.28. The average Bonchev–Trinajstić information content (AvgIpc) is 2.79. The second kappa shape index (κ2) is 6.68. The van der Waals surface area contributed by atoms with Crippen LogP contribution in [0.2, 0.25) is 0 Å². The van der Waals surface area contributed by atoms with E-state index in [4.69, 9.17) is 9.26 Å². The van der Waals surface area contributed by atoms with Gasteiger partial charge in [0.2, 0.25) is 0 Å². The summed E-state index contributed by atoms with van der Waals surface area (Å²) < 4.78 is 10.1. The number of hydrogen-bond donors (Lipinski definition) is 1. The number of carbonyl (C=O) groups excluding carboxylic acids is 1. The molecule has 0 radical (unpaired) electrons. The summed E-state index contributed by atoms with van der Waals surface area (Å²) in [4.78, 5) is 10.8. The van der Waals surface area contributed by atoms with Crippen LogP contribution in [0.1, 0.15) is 24.3 Å². The van der Waals surface area contributed by atoms with Gasteiger partial charge in [-0.2, -0.15) is 0 Å². The highest BCUT2D eigenvalue weighted by molar-refractivity contribution is 5.64. The summed E-state index contributed by atoms with van der Waals surface area (Å²) in [5.41, 5.74) is 0.871. The summed E-state index contributed by atoms with van der Waals surface area (Å²) in [6.07, 6.45) is 1.81. The fourth-order valence-electron chi connectivity index (χ4n) is 2.76. The Bertz CT molecular complexity index is 419. The van der Waals surface area contributed by atoms with Crippen molar-refractivity contribution in [2.24, 2.45) is 11.8 Å². The largest absolute Gasteiger partial charge is 0.550 e. The van der Waals surface area contributed by atoms with Gasteiger partial charge in [-0.15, -0.1) is 0 Å². The van der Waals surface area contributed by atoms with E-state index >= 15 is 0 Å². The van der Waals surface area contributed by atoms with Crippen molar-refractivity contribution in [3.05, 3.63) is 17.5 Å². The number of piperidine rings is 1. The molecule has 0 aliphatic carbocycles. The molecule has 1 aliphatic rings. The molecule has 106 valence electrons. The molecular formula is C13H20N2O4. The van der Waals surface area contributed by atoms with E-state index in [-0.39, 0.29) is 12.3 Å². The molecule has 1 aromatic heterocycles. The summed E-state index contributed by atoms with van der Waals surface area (Å²) in [5, 5.41) is 17.0. The Hall–Kier alpha value is -1.40. The van der Waals surface area contributed by atoms with Crippen LogP contribution in [0.25, 0.3) is 0 Å². The number of rotatable bonds is 6. The molecule has 0 spiro atoms. The summed E-state index contributed by atoms with van der Waals surface area (Å²) >= 11 is 0. The fourth-order valence-corrected chi connectivity index (χ4v) is 2.76. The Morgan fingerprint density at radius 3 is 3.21 bits per heavy atom. The topological polar surface area (TPSA) is 92.0 Å². The van der Waals surface area contributed by atoms with Gasteiger partial charge in [-0.25, -0.2) is 0 Å². The minimum Gasteiger partial charge on any atom is -0.550 e. The number of aromatic nitrogens is 1. The SMILES string of the molecule is COCc1cc(C[C@H]2C[NH2+]CC[C@H]2CC(=O)[O-])no1. The molecule has 0 amide bonds. The number of carboxylic acids is 1. The number of nitrogens with zero attached hydrogens (tertiary/aromatic N) is 1. The molecule has 2 atom stereocenters. The Kier molecular flexibility index (Phi) is 4.93. The number of hydrogen-bond acceptors (Lipinski definition) is 5. The molecule has 6 nitrogen and oxygen atoms in total. The highest BCUT2D eigenvalue weighted by Crippen LogP contribution is 2.24. The van der Waals surface area contributed by atoms with Crippen molar-refractivity contribution in [1.29, 1.82) is 0 Å². The summed E-state index contributed by atoms with van der Waals surface area (Å²) in [6.45, 7) is 2.33. The average molecular weight is 268 g/mol.